The Kier molecular flexibility index (Phi) is 4.19. The largest absolute Gasteiger partial charge is 0.469 e. The van der Waals surface area contributed by atoms with Gasteiger partial charge in [0.2, 0.25) is 0 Å². The van der Waals surface area contributed by atoms with E-state index in [0.29, 0.717) is 6.04 Å². The highest BCUT2D eigenvalue weighted by Crippen LogP contribution is 2.09. The fraction of sp³-hybridized carbons (Fsp3) is 0.385. The van der Waals surface area contributed by atoms with Gasteiger partial charge < -0.3 is 9.73 Å². The highest BCUT2D eigenvalue weighted by Gasteiger charge is 2.03. The van der Waals surface area contributed by atoms with E-state index in [1.807, 2.05) is 12.1 Å². The molecule has 0 fully saturated rings. The molecule has 0 saturated carbocycles. The van der Waals surface area contributed by atoms with E-state index in [1.165, 1.54) is 4.88 Å². The molecule has 86 valence electrons. The molecule has 0 amide bonds. The number of hydrogen-bond donors (Lipinski definition) is 1. The Labute approximate surface area is 100 Å². The van der Waals surface area contributed by atoms with Gasteiger partial charge in [0, 0.05) is 23.9 Å². The molecule has 0 aromatic carbocycles. The van der Waals surface area contributed by atoms with Crippen LogP contribution in [0.3, 0.4) is 0 Å². The molecule has 1 atom stereocenters. The van der Waals surface area contributed by atoms with Crippen LogP contribution < -0.4 is 5.32 Å². The molecule has 0 bridgehead atoms. The van der Waals surface area contributed by atoms with Crippen molar-refractivity contribution in [3.8, 4) is 0 Å². The molecule has 1 N–H and O–H groups in total. The van der Waals surface area contributed by atoms with E-state index in [9.17, 15) is 0 Å². The number of hydrogen-bond acceptors (Lipinski definition) is 3. The first-order chi connectivity index (χ1) is 7.84. The summed E-state index contributed by atoms with van der Waals surface area (Å²) in [6.45, 7) is 3.19. The van der Waals surface area contributed by atoms with Gasteiger partial charge in [-0.25, -0.2) is 0 Å². The second-order valence-corrected chi connectivity index (χ2v) is 5.01. The maximum atomic E-state index is 5.31. The Balaban J connectivity index is 1.66. The summed E-state index contributed by atoms with van der Waals surface area (Å²) in [5, 5.41) is 5.63. The van der Waals surface area contributed by atoms with Crippen LogP contribution in [0.25, 0.3) is 0 Å². The molecular formula is C13H17NOS. The summed E-state index contributed by atoms with van der Waals surface area (Å²) in [5.74, 6) is 1.07. The first-order valence-electron chi connectivity index (χ1n) is 5.63. The van der Waals surface area contributed by atoms with Gasteiger partial charge in [-0.1, -0.05) is 6.07 Å². The molecule has 0 aliphatic carbocycles. The maximum Gasteiger partial charge on any atom is 0.103 e. The van der Waals surface area contributed by atoms with E-state index < -0.39 is 0 Å². The van der Waals surface area contributed by atoms with Crippen LogP contribution >= 0.6 is 11.3 Å². The van der Waals surface area contributed by atoms with Gasteiger partial charge in [-0.15, -0.1) is 11.3 Å². The molecule has 0 aliphatic rings. The van der Waals surface area contributed by atoms with Crippen molar-refractivity contribution >= 4 is 11.3 Å². The van der Waals surface area contributed by atoms with Crippen molar-refractivity contribution < 1.29 is 4.42 Å². The highest BCUT2D eigenvalue weighted by molar-refractivity contribution is 7.09. The maximum absolute atomic E-state index is 5.31. The lowest BCUT2D eigenvalue weighted by Crippen LogP contribution is -2.25. The molecule has 1 unspecified atom stereocenters. The SMILES string of the molecule is CC(CCc1ccco1)NCc1cccs1. The quantitative estimate of drug-likeness (QED) is 0.829. The van der Waals surface area contributed by atoms with Gasteiger partial charge in [0.15, 0.2) is 0 Å². The number of furan rings is 1. The summed E-state index contributed by atoms with van der Waals surface area (Å²) >= 11 is 1.80. The Morgan fingerprint density at radius 3 is 3.00 bits per heavy atom. The normalized spacial score (nSPS) is 12.8. The minimum atomic E-state index is 0.521. The number of aryl methyl sites for hydroxylation is 1. The van der Waals surface area contributed by atoms with Crippen molar-refractivity contribution in [1.29, 1.82) is 0 Å². The van der Waals surface area contributed by atoms with Crippen LogP contribution in [-0.2, 0) is 13.0 Å². The summed E-state index contributed by atoms with van der Waals surface area (Å²) in [7, 11) is 0. The summed E-state index contributed by atoms with van der Waals surface area (Å²) in [6, 6.07) is 8.75. The molecule has 0 saturated heterocycles. The van der Waals surface area contributed by atoms with E-state index in [0.717, 1.165) is 25.1 Å². The van der Waals surface area contributed by atoms with Crippen LogP contribution in [0.15, 0.2) is 40.3 Å². The lowest BCUT2D eigenvalue weighted by atomic mass is 10.1. The van der Waals surface area contributed by atoms with Crippen molar-refractivity contribution in [2.45, 2.75) is 32.4 Å². The van der Waals surface area contributed by atoms with Gasteiger partial charge in [0.25, 0.3) is 0 Å². The smallest absolute Gasteiger partial charge is 0.103 e. The predicted octanol–water partition coefficient (Wildman–Crippen LogP) is 3.45. The Morgan fingerprint density at radius 1 is 1.38 bits per heavy atom. The number of nitrogens with one attached hydrogen (secondary N) is 1. The number of thiophene rings is 1. The fourth-order valence-corrected chi connectivity index (χ4v) is 2.26. The third-order valence-electron chi connectivity index (χ3n) is 2.61. The van der Waals surface area contributed by atoms with Gasteiger partial charge in [-0.2, -0.15) is 0 Å². The second-order valence-electron chi connectivity index (χ2n) is 3.98. The van der Waals surface area contributed by atoms with Crippen molar-refractivity contribution in [1.82, 2.24) is 5.32 Å². The van der Waals surface area contributed by atoms with Crippen LogP contribution in [0.1, 0.15) is 24.0 Å². The highest BCUT2D eigenvalue weighted by atomic mass is 32.1. The molecule has 3 heteroatoms. The molecule has 2 aromatic rings. The van der Waals surface area contributed by atoms with Crippen molar-refractivity contribution in [3.05, 3.63) is 46.5 Å². The third kappa shape index (κ3) is 3.51. The molecule has 2 aromatic heterocycles. The van der Waals surface area contributed by atoms with Crippen molar-refractivity contribution in [2.75, 3.05) is 0 Å². The molecule has 16 heavy (non-hydrogen) atoms. The molecule has 0 aliphatic heterocycles. The van der Waals surface area contributed by atoms with Crippen LogP contribution in [0, 0.1) is 0 Å². The summed E-state index contributed by atoms with van der Waals surface area (Å²) in [6.07, 6.45) is 3.85. The lowest BCUT2D eigenvalue weighted by Gasteiger charge is -2.11. The predicted molar refractivity (Wildman–Crippen MR) is 67.6 cm³/mol. The third-order valence-corrected chi connectivity index (χ3v) is 3.49. The van der Waals surface area contributed by atoms with Crippen molar-refractivity contribution in [3.63, 3.8) is 0 Å². The molecule has 2 nitrogen and oxygen atoms in total. The minimum Gasteiger partial charge on any atom is -0.469 e. The summed E-state index contributed by atoms with van der Waals surface area (Å²) in [4.78, 5) is 1.39. The van der Waals surface area contributed by atoms with Gasteiger partial charge >= 0.3 is 0 Å². The van der Waals surface area contributed by atoms with Gasteiger partial charge in [0.1, 0.15) is 5.76 Å². The molecular weight excluding hydrogens is 218 g/mol. The summed E-state index contributed by atoms with van der Waals surface area (Å²) < 4.78 is 5.31. The van der Waals surface area contributed by atoms with Crippen LogP contribution in [-0.4, -0.2) is 6.04 Å². The van der Waals surface area contributed by atoms with E-state index in [2.05, 4.69) is 29.8 Å². The monoisotopic (exact) mass is 235 g/mol. The molecule has 2 rings (SSSR count). The van der Waals surface area contributed by atoms with E-state index in [1.54, 1.807) is 17.6 Å². The fourth-order valence-electron chi connectivity index (χ4n) is 1.60. The first-order valence-corrected chi connectivity index (χ1v) is 6.50. The zero-order chi connectivity index (χ0) is 11.2. The average Bonchev–Trinajstić information content (AvgIpc) is 2.96. The van der Waals surface area contributed by atoms with E-state index in [4.69, 9.17) is 4.42 Å². The molecule has 0 spiro atoms. The van der Waals surface area contributed by atoms with Gasteiger partial charge in [-0.05, 0) is 36.9 Å². The topological polar surface area (TPSA) is 25.2 Å². The van der Waals surface area contributed by atoms with Crippen LogP contribution in [0.2, 0.25) is 0 Å². The second kappa shape index (κ2) is 5.87. The Hall–Kier alpha value is -1.06. The van der Waals surface area contributed by atoms with E-state index >= 15 is 0 Å². The zero-order valence-corrected chi connectivity index (χ0v) is 10.3. The molecule has 2 heterocycles. The minimum absolute atomic E-state index is 0.521. The lowest BCUT2D eigenvalue weighted by molar-refractivity contribution is 0.461. The first kappa shape index (κ1) is 11.4. The molecule has 0 radical (unpaired) electrons. The average molecular weight is 235 g/mol. The Morgan fingerprint density at radius 2 is 2.31 bits per heavy atom. The number of rotatable bonds is 6. The van der Waals surface area contributed by atoms with Crippen molar-refractivity contribution in [2.24, 2.45) is 0 Å². The van der Waals surface area contributed by atoms with Gasteiger partial charge in [0.05, 0.1) is 6.26 Å². The van der Waals surface area contributed by atoms with Crippen LogP contribution in [0.4, 0.5) is 0 Å². The zero-order valence-electron chi connectivity index (χ0n) is 9.48. The van der Waals surface area contributed by atoms with Gasteiger partial charge in [-0.3, -0.25) is 0 Å². The van der Waals surface area contributed by atoms with Crippen LogP contribution in [0.5, 0.6) is 0 Å². The Bertz CT molecular complexity index is 342. The standard InChI is InChI=1S/C13H17NOS/c1-11(6-7-12-4-2-8-15-12)14-10-13-5-3-9-16-13/h2-5,8-9,11,14H,6-7,10H2,1H3. The van der Waals surface area contributed by atoms with E-state index in [-0.39, 0.29) is 0 Å². The summed E-state index contributed by atoms with van der Waals surface area (Å²) in [5.41, 5.74) is 0.